The summed E-state index contributed by atoms with van der Waals surface area (Å²) in [6, 6.07) is 6.53. The first kappa shape index (κ1) is 12.2. The van der Waals surface area contributed by atoms with Crippen molar-refractivity contribution in [3.63, 3.8) is 0 Å². The second-order valence-corrected chi connectivity index (χ2v) is 4.09. The van der Waals surface area contributed by atoms with Crippen molar-refractivity contribution in [2.45, 2.75) is 6.10 Å². The van der Waals surface area contributed by atoms with Crippen molar-refractivity contribution in [2.24, 2.45) is 5.73 Å². The number of likely N-dealkylation sites (tertiary alicyclic amines) is 1. The lowest BCUT2D eigenvalue weighted by atomic mass is 10.1. The first-order valence-corrected chi connectivity index (χ1v) is 5.63. The number of hydrogen-bond donors (Lipinski definition) is 2. The van der Waals surface area contributed by atoms with E-state index in [-0.39, 0.29) is 12.1 Å². The van der Waals surface area contributed by atoms with Crippen LogP contribution in [0.1, 0.15) is 10.4 Å². The predicted octanol–water partition coefficient (Wildman–Crippen LogP) is 0.188. The van der Waals surface area contributed by atoms with Crippen LogP contribution in [0.15, 0.2) is 24.3 Å². The van der Waals surface area contributed by atoms with Crippen molar-refractivity contribution in [1.82, 2.24) is 10.2 Å². The summed E-state index contributed by atoms with van der Waals surface area (Å²) in [7, 11) is 1.60. The zero-order valence-electron chi connectivity index (χ0n) is 10.1. The van der Waals surface area contributed by atoms with Gasteiger partial charge in [0.25, 0.3) is 0 Å². The van der Waals surface area contributed by atoms with E-state index in [1.165, 1.54) is 0 Å². The Hall–Kier alpha value is -2.24. The van der Waals surface area contributed by atoms with Crippen molar-refractivity contribution in [1.29, 1.82) is 0 Å². The molecule has 1 fully saturated rings. The number of urea groups is 1. The number of hydrogen-bond acceptors (Lipinski definition) is 3. The van der Waals surface area contributed by atoms with Gasteiger partial charge in [-0.25, -0.2) is 4.79 Å². The monoisotopic (exact) mass is 249 g/mol. The highest BCUT2D eigenvalue weighted by molar-refractivity contribution is 5.92. The summed E-state index contributed by atoms with van der Waals surface area (Å²) in [6.07, 6.45) is 0.00160. The number of amides is 3. The fourth-order valence-electron chi connectivity index (χ4n) is 1.73. The minimum atomic E-state index is -0.462. The van der Waals surface area contributed by atoms with E-state index in [0.717, 1.165) is 0 Å². The van der Waals surface area contributed by atoms with Crippen molar-refractivity contribution in [2.75, 3.05) is 20.1 Å². The minimum Gasteiger partial charge on any atom is -0.487 e. The molecule has 6 nitrogen and oxygen atoms in total. The van der Waals surface area contributed by atoms with Gasteiger partial charge in [0, 0.05) is 12.6 Å². The normalized spacial score (nSPS) is 14.8. The molecule has 0 radical (unpaired) electrons. The van der Waals surface area contributed by atoms with E-state index in [1.807, 2.05) is 0 Å². The number of nitrogens with one attached hydrogen (secondary N) is 1. The molecular weight excluding hydrogens is 234 g/mol. The van der Waals surface area contributed by atoms with Crippen LogP contribution in [-0.2, 0) is 0 Å². The SMILES string of the molecule is CNC(=O)N1CC(Oc2ccc(C(N)=O)cc2)C1. The molecule has 0 aliphatic carbocycles. The molecule has 0 aromatic heterocycles. The molecule has 1 saturated heterocycles. The molecule has 2 rings (SSSR count). The van der Waals surface area contributed by atoms with Crippen molar-refractivity contribution in [3.8, 4) is 5.75 Å². The molecule has 1 aromatic rings. The van der Waals surface area contributed by atoms with Crippen LogP contribution < -0.4 is 15.8 Å². The highest BCUT2D eigenvalue weighted by Crippen LogP contribution is 2.18. The second-order valence-electron chi connectivity index (χ2n) is 4.09. The summed E-state index contributed by atoms with van der Waals surface area (Å²) in [5, 5.41) is 2.55. The van der Waals surface area contributed by atoms with Gasteiger partial charge in [-0.3, -0.25) is 4.79 Å². The molecule has 0 spiro atoms. The second kappa shape index (κ2) is 4.95. The lowest BCUT2D eigenvalue weighted by Gasteiger charge is -2.38. The molecule has 18 heavy (non-hydrogen) atoms. The lowest BCUT2D eigenvalue weighted by Crippen LogP contribution is -2.58. The summed E-state index contributed by atoms with van der Waals surface area (Å²) in [6.45, 7) is 1.13. The van der Waals surface area contributed by atoms with Crippen LogP contribution in [0.3, 0.4) is 0 Å². The standard InChI is InChI=1S/C12H15N3O3/c1-14-12(17)15-6-10(7-15)18-9-4-2-8(3-5-9)11(13)16/h2-5,10H,6-7H2,1H3,(H2,13,16)(H,14,17). The zero-order valence-corrected chi connectivity index (χ0v) is 10.1. The van der Waals surface area contributed by atoms with Crippen molar-refractivity contribution >= 4 is 11.9 Å². The highest BCUT2D eigenvalue weighted by Gasteiger charge is 2.31. The predicted molar refractivity (Wildman–Crippen MR) is 65.4 cm³/mol. The Balaban J connectivity index is 1.85. The van der Waals surface area contributed by atoms with Crippen molar-refractivity contribution < 1.29 is 14.3 Å². The first-order chi connectivity index (χ1) is 8.60. The van der Waals surface area contributed by atoms with Gasteiger partial charge in [-0.2, -0.15) is 0 Å². The van der Waals surface area contributed by atoms with Crippen molar-refractivity contribution in [3.05, 3.63) is 29.8 Å². The molecule has 1 aliphatic rings. The fourth-order valence-corrected chi connectivity index (χ4v) is 1.73. The van der Waals surface area contributed by atoms with Gasteiger partial charge in [0.15, 0.2) is 0 Å². The number of ether oxygens (including phenoxy) is 1. The molecule has 3 amide bonds. The molecule has 0 atom stereocenters. The topological polar surface area (TPSA) is 84.7 Å². The van der Waals surface area contributed by atoms with Crippen LogP contribution in [0.2, 0.25) is 0 Å². The first-order valence-electron chi connectivity index (χ1n) is 5.63. The Morgan fingerprint density at radius 2 is 1.94 bits per heavy atom. The molecule has 0 saturated carbocycles. The molecule has 1 aromatic carbocycles. The smallest absolute Gasteiger partial charge is 0.317 e. The van der Waals surface area contributed by atoms with E-state index in [2.05, 4.69) is 5.32 Å². The average molecular weight is 249 g/mol. The Morgan fingerprint density at radius 3 is 2.44 bits per heavy atom. The summed E-state index contributed by atoms with van der Waals surface area (Å²) in [5.74, 6) is 0.206. The third kappa shape index (κ3) is 2.53. The van der Waals surface area contributed by atoms with Gasteiger partial charge >= 0.3 is 6.03 Å². The number of nitrogens with two attached hydrogens (primary N) is 1. The number of carbonyl (C=O) groups is 2. The van der Waals surface area contributed by atoms with Gasteiger partial charge in [-0.1, -0.05) is 0 Å². The minimum absolute atomic E-state index is 0.00160. The quantitative estimate of drug-likeness (QED) is 0.801. The number of benzene rings is 1. The molecule has 3 N–H and O–H groups in total. The van der Waals surface area contributed by atoms with E-state index in [4.69, 9.17) is 10.5 Å². The summed E-state index contributed by atoms with van der Waals surface area (Å²) in [5.41, 5.74) is 5.59. The molecule has 0 unspecified atom stereocenters. The van der Waals surface area contributed by atoms with Gasteiger partial charge < -0.3 is 20.7 Å². The fraction of sp³-hybridized carbons (Fsp3) is 0.333. The number of primary amides is 1. The number of carbonyl (C=O) groups excluding carboxylic acids is 2. The highest BCUT2D eigenvalue weighted by atomic mass is 16.5. The van der Waals surface area contributed by atoms with Crippen LogP contribution in [0.25, 0.3) is 0 Å². The van der Waals surface area contributed by atoms with Gasteiger partial charge in [0.1, 0.15) is 11.9 Å². The summed E-state index contributed by atoms with van der Waals surface area (Å²) >= 11 is 0. The van der Waals surface area contributed by atoms with Crippen LogP contribution in [-0.4, -0.2) is 43.1 Å². The molecular formula is C12H15N3O3. The van der Waals surface area contributed by atoms with Gasteiger partial charge in [0.2, 0.25) is 5.91 Å². The van der Waals surface area contributed by atoms with Crippen LogP contribution in [0.4, 0.5) is 4.79 Å². The number of nitrogens with zero attached hydrogens (tertiary/aromatic N) is 1. The Bertz CT molecular complexity index is 452. The maximum absolute atomic E-state index is 11.2. The van der Waals surface area contributed by atoms with E-state index in [1.54, 1.807) is 36.2 Å². The summed E-state index contributed by atoms with van der Waals surface area (Å²) in [4.78, 5) is 23.8. The largest absolute Gasteiger partial charge is 0.487 e. The van der Waals surface area contributed by atoms with Crippen LogP contribution in [0.5, 0.6) is 5.75 Å². The average Bonchev–Trinajstić information content (AvgIpc) is 2.33. The van der Waals surface area contributed by atoms with Crippen LogP contribution >= 0.6 is 0 Å². The van der Waals surface area contributed by atoms with E-state index in [9.17, 15) is 9.59 Å². The van der Waals surface area contributed by atoms with Gasteiger partial charge in [-0.15, -0.1) is 0 Å². The lowest BCUT2D eigenvalue weighted by molar-refractivity contribution is 0.0451. The third-order valence-corrected chi connectivity index (χ3v) is 2.79. The van der Waals surface area contributed by atoms with Gasteiger partial charge in [-0.05, 0) is 24.3 Å². The Morgan fingerprint density at radius 1 is 1.33 bits per heavy atom. The number of rotatable bonds is 3. The third-order valence-electron chi connectivity index (χ3n) is 2.79. The van der Waals surface area contributed by atoms with Gasteiger partial charge in [0.05, 0.1) is 13.1 Å². The van der Waals surface area contributed by atoms with Crippen LogP contribution in [0, 0.1) is 0 Å². The molecule has 1 heterocycles. The Labute approximate surface area is 105 Å². The molecule has 6 heteroatoms. The van der Waals surface area contributed by atoms with E-state index < -0.39 is 5.91 Å². The van der Waals surface area contributed by atoms with E-state index in [0.29, 0.717) is 24.4 Å². The van der Waals surface area contributed by atoms with E-state index >= 15 is 0 Å². The Kier molecular flexibility index (Phi) is 3.36. The molecule has 96 valence electrons. The summed E-state index contributed by atoms with van der Waals surface area (Å²) < 4.78 is 5.64. The maximum Gasteiger partial charge on any atom is 0.317 e. The maximum atomic E-state index is 11.2. The molecule has 1 aliphatic heterocycles. The zero-order chi connectivity index (χ0) is 13.1. The molecule has 0 bridgehead atoms.